The molecule has 1 amide bonds. The minimum absolute atomic E-state index is 0.193. The van der Waals surface area contributed by atoms with Crippen LogP contribution in [0.2, 0.25) is 0 Å². The van der Waals surface area contributed by atoms with E-state index in [2.05, 4.69) is 48.9 Å². The van der Waals surface area contributed by atoms with Crippen LogP contribution in [0.15, 0.2) is 11.4 Å². The molecule has 24 heavy (non-hydrogen) atoms. The van der Waals surface area contributed by atoms with Gasteiger partial charge in [-0.25, -0.2) is 0 Å². The van der Waals surface area contributed by atoms with Crippen molar-refractivity contribution in [1.29, 1.82) is 0 Å². The van der Waals surface area contributed by atoms with Crippen molar-refractivity contribution < 1.29 is 4.79 Å². The average molecular weight is 348 g/mol. The van der Waals surface area contributed by atoms with Gasteiger partial charge >= 0.3 is 0 Å². The molecule has 0 unspecified atom stereocenters. The number of carbonyl (C=O) groups excluding carboxylic acids is 1. The molecule has 0 aliphatic rings. The molecule has 0 radical (unpaired) electrons. The molecule has 2 aromatic heterocycles. The molecule has 132 valence electrons. The summed E-state index contributed by atoms with van der Waals surface area (Å²) in [5.41, 5.74) is 4.74. The molecule has 0 N–H and O–H groups in total. The number of aryl methyl sites for hydroxylation is 2. The predicted molar refractivity (Wildman–Crippen MR) is 100 cm³/mol. The maximum Gasteiger partial charge on any atom is 0.222 e. The Bertz CT molecular complexity index is 700. The molecular formula is C19H29N3OS. The first-order valence-corrected chi connectivity index (χ1v) is 9.47. The van der Waals surface area contributed by atoms with Gasteiger partial charge in [-0.1, -0.05) is 13.8 Å². The quantitative estimate of drug-likeness (QED) is 0.756. The first-order chi connectivity index (χ1) is 11.3. The maximum atomic E-state index is 12.5. The summed E-state index contributed by atoms with van der Waals surface area (Å²) in [7, 11) is 1.89. The summed E-state index contributed by atoms with van der Waals surface area (Å²) in [6, 6.07) is 2.11. The lowest BCUT2D eigenvalue weighted by Gasteiger charge is -2.17. The topological polar surface area (TPSA) is 38.1 Å². The molecule has 0 spiro atoms. The summed E-state index contributed by atoms with van der Waals surface area (Å²) in [6.45, 7) is 12.3. The van der Waals surface area contributed by atoms with Gasteiger partial charge in [0, 0.05) is 30.6 Å². The highest BCUT2D eigenvalue weighted by Crippen LogP contribution is 2.19. The molecule has 2 rings (SSSR count). The second-order valence-corrected chi connectivity index (χ2v) is 8.00. The van der Waals surface area contributed by atoms with Crippen molar-refractivity contribution in [3.63, 3.8) is 0 Å². The van der Waals surface area contributed by atoms with E-state index in [-0.39, 0.29) is 5.91 Å². The average Bonchev–Trinajstić information content (AvgIpc) is 3.01. The normalized spacial score (nSPS) is 11.3. The Labute approximate surface area is 149 Å². The lowest BCUT2D eigenvalue weighted by molar-refractivity contribution is -0.130. The van der Waals surface area contributed by atoms with Gasteiger partial charge in [-0.2, -0.15) is 5.10 Å². The highest BCUT2D eigenvalue weighted by molar-refractivity contribution is 7.10. The molecule has 0 atom stereocenters. The van der Waals surface area contributed by atoms with E-state index in [4.69, 9.17) is 0 Å². The monoisotopic (exact) mass is 347 g/mol. The van der Waals surface area contributed by atoms with Crippen LogP contribution in [-0.4, -0.2) is 27.6 Å². The van der Waals surface area contributed by atoms with Gasteiger partial charge in [0.1, 0.15) is 0 Å². The zero-order valence-electron chi connectivity index (χ0n) is 15.7. The highest BCUT2D eigenvalue weighted by atomic mass is 32.1. The highest BCUT2D eigenvalue weighted by Gasteiger charge is 2.16. The Morgan fingerprint density at radius 1 is 1.33 bits per heavy atom. The number of hydrogen-bond donors (Lipinski definition) is 0. The van der Waals surface area contributed by atoms with Crippen LogP contribution in [0.3, 0.4) is 0 Å². The zero-order chi connectivity index (χ0) is 17.9. The standard InChI is InChI=1S/C19H29N3OS/c1-13(2)11-22-16(5)17(15(4)20-22)7-8-19(23)21(6)12-18-14(3)9-10-24-18/h9-10,13H,7-8,11-12H2,1-6H3. The molecule has 0 aliphatic heterocycles. The molecular weight excluding hydrogens is 318 g/mol. The molecule has 0 bridgehead atoms. The minimum atomic E-state index is 0.193. The molecule has 4 nitrogen and oxygen atoms in total. The summed E-state index contributed by atoms with van der Waals surface area (Å²) < 4.78 is 2.08. The number of aromatic nitrogens is 2. The van der Waals surface area contributed by atoms with Gasteiger partial charge < -0.3 is 4.90 Å². The van der Waals surface area contributed by atoms with Crippen LogP contribution in [0.25, 0.3) is 0 Å². The number of hydrogen-bond acceptors (Lipinski definition) is 3. The van der Waals surface area contributed by atoms with Gasteiger partial charge in [0.2, 0.25) is 5.91 Å². The third-order valence-corrected chi connectivity index (χ3v) is 5.44. The van der Waals surface area contributed by atoms with E-state index < -0.39 is 0 Å². The lowest BCUT2D eigenvalue weighted by Crippen LogP contribution is -2.26. The van der Waals surface area contributed by atoms with Crippen molar-refractivity contribution in [2.45, 2.75) is 60.5 Å². The van der Waals surface area contributed by atoms with Gasteiger partial charge in [-0.05, 0) is 55.7 Å². The van der Waals surface area contributed by atoms with Crippen LogP contribution in [0.1, 0.15) is 47.7 Å². The Hall–Kier alpha value is -1.62. The summed E-state index contributed by atoms with van der Waals surface area (Å²) in [5, 5.41) is 6.72. The minimum Gasteiger partial charge on any atom is -0.341 e. The molecule has 5 heteroatoms. The Kier molecular flexibility index (Phi) is 6.21. The molecule has 0 aromatic carbocycles. The van der Waals surface area contributed by atoms with Gasteiger partial charge in [-0.3, -0.25) is 9.48 Å². The van der Waals surface area contributed by atoms with Crippen molar-refractivity contribution in [1.82, 2.24) is 14.7 Å². The number of thiophene rings is 1. The lowest BCUT2D eigenvalue weighted by atomic mass is 10.1. The molecule has 0 aliphatic carbocycles. The summed E-state index contributed by atoms with van der Waals surface area (Å²) >= 11 is 1.72. The van der Waals surface area contributed by atoms with Crippen molar-refractivity contribution in [2.75, 3.05) is 7.05 Å². The number of amides is 1. The summed E-state index contributed by atoms with van der Waals surface area (Å²) in [4.78, 5) is 15.6. The van der Waals surface area contributed by atoms with Gasteiger partial charge in [-0.15, -0.1) is 11.3 Å². The smallest absolute Gasteiger partial charge is 0.222 e. The van der Waals surface area contributed by atoms with Gasteiger partial charge in [0.05, 0.1) is 12.2 Å². The SMILES string of the molecule is Cc1ccsc1CN(C)C(=O)CCc1c(C)nn(CC(C)C)c1C. The fourth-order valence-corrected chi connectivity index (χ4v) is 3.87. The largest absolute Gasteiger partial charge is 0.341 e. The molecule has 2 aromatic rings. The third kappa shape index (κ3) is 4.47. The number of carbonyl (C=O) groups is 1. The first kappa shape index (κ1) is 18.7. The summed E-state index contributed by atoms with van der Waals surface area (Å²) in [5.74, 6) is 0.760. The van der Waals surface area contributed by atoms with Crippen LogP contribution in [-0.2, 0) is 24.3 Å². The zero-order valence-corrected chi connectivity index (χ0v) is 16.5. The Morgan fingerprint density at radius 3 is 2.62 bits per heavy atom. The van der Waals surface area contributed by atoms with Crippen LogP contribution >= 0.6 is 11.3 Å². The van der Waals surface area contributed by atoms with Crippen molar-refractivity contribution in [2.24, 2.45) is 5.92 Å². The third-order valence-electron chi connectivity index (χ3n) is 4.43. The predicted octanol–water partition coefficient (Wildman–Crippen LogP) is 4.12. The first-order valence-electron chi connectivity index (χ1n) is 8.59. The van der Waals surface area contributed by atoms with E-state index in [0.717, 1.165) is 18.7 Å². The number of rotatable bonds is 7. The van der Waals surface area contributed by atoms with Gasteiger partial charge in [0.15, 0.2) is 0 Å². The van der Waals surface area contributed by atoms with Crippen molar-refractivity contribution >= 4 is 17.2 Å². The van der Waals surface area contributed by atoms with E-state index >= 15 is 0 Å². The van der Waals surface area contributed by atoms with E-state index in [9.17, 15) is 4.79 Å². The van der Waals surface area contributed by atoms with E-state index in [0.29, 0.717) is 18.9 Å². The molecule has 0 saturated carbocycles. The molecule has 0 fully saturated rings. The second kappa shape index (κ2) is 7.97. The van der Waals surface area contributed by atoms with Gasteiger partial charge in [0.25, 0.3) is 0 Å². The van der Waals surface area contributed by atoms with Crippen LogP contribution in [0.4, 0.5) is 0 Å². The Balaban J connectivity index is 1.96. The van der Waals surface area contributed by atoms with Crippen LogP contribution in [0.5, 0.6) is 0 Å². The van der Waals surface area contributed by atoms with E-state index in [1.807, 2.05) is 18.9 Å². The fraction of sp³-hybridized carbons (Fsp3) is 0.579. The maximum absolute atomic E-state index is 12.5. The fourth-order valence-electron chi connectivity index (χ4n) is 2.91. The van der Waals surface area contributed by atoms with Crippen molar-refractivity contribution in [3.05, 3.63) is 38.8 Å². The number of nitrogens with zero attached hydrogens (tertiary/aromatic N) is 3. The second-order valence-electron chi connectivity index (χ2n) is 7.00. The molecule has 2 heterocycles. The van der Waals surface area contributed by atoms with Crippen LogP contribution < -0.4 is 0 Å². The van der Waals surface area contributed by atoms with Crippen molar-refractivity contribution in [3.8, 4) is 0 Å². The molecule has 0 saturated heterocycles. The van der Waals surface area contributed by atoms with E-state index in [1.165, 1.54) is 21.7 Å². The summed E-state index contributed by atoms with van der Waals surface area (Å²) in [6.07, 6.45) is 1.30. The van der Waals surface area contributed by atoms with E-state index in [1.54, 1.807) is 11.3 Å². The van der Waals surface area contributed by atoms with Crippen LogP contribution in [0, 0.1) is 26.7 Å². The Morgan fingerprint density at radius 2 is 2.04 bits per heavy atom.